The van der Waals surface area contributed by atoms with Crippen molar-refractivity contribution in [1.82, 2.24) is 4.98 Å². The Morgan fingerprint density at radius 2 is 2.15 bits per heavy atom. The Balaban J connectivity index is 1.75. The molecule has 104 valence electrons. The number of ketones is 1. The summed E-state index contributed by atoms with van der Waals surface area (Å²) in [6, 6.07) is 5.97. The molecule has 0 aliphatic heterocycles. The lowest BCUT2D eigenvalue weighted by atomic mass is 10.1. The van der Waals surface area contributed by atoms with E-state index in [-0.39, 0.29) is 17.7 Å². The number of hydrogen-bond acceptors (Lipinski definition) is 5. The number of nitrogens with two attached hydrogens (primary N) is 1. The zero-order chi connectivity index (χ0) is 14.1. The minimum Gasteiger partial charge on any atom is -0.397 e. The van der Waals surface area contributed by atoms with Gasteiger partial charge in [0.1, 0.15) is 0 Å². The molecular weight excluding hydrogens is 270 g/mol. The number of carbonyl (C=O) groups excluding carboxylic acids is 1. The first-order chi connectivity index (χ1) is 9.65. The van der Waals surface area contributed by atoms with Crippen LogP contribution in [0.25, 0.3) is 0 Å². The molecule has 0 radical (unpaired) electrons. The van der Waals surface area contributed by atoms with Crippen LogP contribution in [0.2, 0.25) is 0 Å². The van der Waals surface area contributed by atoms with E-state index in [0.717, 1.165) is 23.4 Å². The third-order valence-corrected chi connectivity index (χ3v) is 4.59. The third kappa shape index (κ3) is 2.67. The highest BCUT2D eigenvalue weighted by Gasteiger charge is 2.32. The molecule has 1 aliphatic rings. The first-order valence-electron chi connectivity index (χ1n) is 6.75. The summed E-state index contributed by atoms with van der Waals surface area (Å²) >= 11 is 1.46. The van der Waals surface area contributed by atoms with Crippen molar-refractivity contribution >= 4 is 27.8 Å². The number of nitrogen functional groups attached to an aromatic ring is 1. The van der Waals surface area contributed by atoms with E-state index < -0.39 is 0 Å². The van der Waals surface area contributed by atoms with E-state index in [1.54, 1.807) is 12.4 Å². The molecule has 20 heavy (non-hydrogen) atoms. The zero-order valence-corrected chi connectivity index (χ0v) is 12.1. The van der Waals surface area contributed by atoms with Crippen molar-refractivity contribution in [2.75, 3.05) is 11.1 Å². The molecule has 0 bridgehead atoms. The van der Waals surface area contributed by atoms with Gasteiger partial charge in [-0.15, -0.1) is 11.3 Å². The summed E-state index contributed by atoms with van der Waals surface area (Å²) in [5, 5.41) is 4.33. The van der Waals surface area contributed by atoms with Gasteiger partial charge in [0.25, 0.3) is 0 Å². The minimum absolute atomic E-state index is 0.153. The lowest BCUT2D eigenvalue weighted by Gasteiger charge is -2.13. The summed E-state index contributed by atoms with van der Waals surface area (Å²) in [6.07, 6.45) is 5.56. The number of hydrogen-bond donors (Lipinski definition) is 2. The molecule has 1 saturated carbocycles. The molecule has 2 heterocycles. The first-order valence-corrected chi connectivity index (χ1v) is 7.57. The van der Waals surface area contributed by atoms with Gasteiger partial charge in [0.2, 0.25) is 0 Å². The maximum atomic E-state index is 12.1. The number of rotatable bonds is 5. The molecule has 0 amide bonds. The number of thiophene rings is 1. The highest BCUT2D eigenvalue weighted by atomic mass is 32.1. The molecule has 3 rings (SSSR count). The number of Topliss-reactive ketones (excluding diaryl/α,β-unsaturated/α-hetero) is 1. The van der Waals surface area contributed by atoms with E-state index in [9.17, 15) is 4.79 Å². The molecule has 1 aliphatic carbocycles. The van der Waals surface area contributed by atoms with E-state index in [1.165, 1.54) is 11.3 Å². The largest absolute Gasteiger partial charge is 0.397 e. The Morgan fingerprint density at radius 1 is 1.45 bits per heavy atom. The van der Waals surface area contributed by atoms with E-state index in [2.05, 4.69) is 17.2 Å². The van der Waals surface area contributed by atoms with Crippen molar-refractivity contribution in [2.24, 2.45) is 5.92 Å². The fourth-order valence-electron chi connectivity index (χ4n) is 2.15. The van der Waals surface area contributed by atoms with Gasteiger partial charge in [-0.2, -0.15) is 0 Å². The van der Waals surface area contributed by atoms with Gasteiger partial charge < -0.3 is 11.1 Å². The van der Waals surface area contributed by atoms with E-state index in [1.807, 2.05) is 18.2 Å². The number of pyridine rings is 1. The van der Waals surface area contributed by atoms with E-state index in [0.29, 0.717) is 10.6 Å². The van der Waals surface area contributed by atoms with Crippen molar-refractivity contribution in [2.45, 2.75) is 25.8 Å². The SMILES string of the molecule is CC(Nc1cc(N)c(C(=O)C2CC2)s1)c1ccncc1. The van der Waals surface area contributed by atoms with E-state index in [4.69, 9.17) is 5.73 Å². The summed E-state index contributed by atoms with van der Waals surface area (Å²) < 4.78 is 0. The standard InChI is InChI=1S/C15H17N3OS/c1-9(10-4-6-17-7-5-10)18-13-8-12(16)15(20-13)14(19)11-2-3-11/h4-9,11,18H,2-3,16H2,1H3. The Bertz CT molecular complexity index is 619. The number of nitrogens with zero attached hydrogens (tertiary/aromatic N) is 1. The summed E-state index contributed by atoms with van der Waals surface area (Å²) in [5.74, 6) is 0.415. The summed E-state index contributed by atoms with van der Waals surface area (Å²) in [4.78, 5) is 16.8. The second-order valence-electron chi connectivity index (χ2n) is 5.18. The Kier molecular flexibility index (Phi) is 3.44. The highest BCUT2D eigenvalue weighted by molar-refractivity contribution is 7.18. The first kappa shape index (κ1) is 13.1. The highest BCUT2D eigenvalue weighted by Crippen LogP contribution is 2.39. The summed E-state index contributed by atoms with van der Waals surface area (Å²) in [6.45, 7) is 2.08. The minimum atomic E-state index is 0.153. The lowest BCUT2D eigenvalue weighted by Crippen LogP contribution is -2.05. The maximum Gasteiger partial charge on any atom is 0.178 e. The van der Waals surface area contributed by atoms with Crippen LogP contribution in [-0.4, -0.2) is 10.8 Å². The fourth-order valence-corrected chi connectivity index (χ4v) is 3.23. The monoisotopic (exact) mass is 287 g/mol. The van der Waals surface area contributed by atoms with Gasteiger partial charge in [-0.05, 0) is 43.5 Å². The number of carbonyl (C=O) groups is 1. The van der Waals surface area contributed by atoms with Crippen molar-refractivity contribution in [1.29, 1.82) is 0 Å². The van der Waals surface area contributed by atoms with Gasteiger partial charge in [0.15, 0.2) is 5.78 Å². The Labute approximate surface area is 122 Å². The molecular formula is C15H17N3OS. The number of aromatic nitrogens is 1. The average molecular weight is 287 g/mol. The molecule has 1 unspecified atom stereocenters. The second kappa shape index (κ2) is 5.25. The van der Waals surface area contributed by atoms with Crippen LogP contribution in [0.3, 0.4) is 0 Å². The Hall–Kier alpha value is -1.88. The van der Waals surface area contributed by atoms with Crippen LogP contribution in [0.4, 0.5) is 10.7 Å². The maximum absolute atomic E-state index is 12.1. The van der Waals surface area contributed by atoms with Gasteiger partial charge in [-0.3, -0.25) is 9.78 Å². The van der Waals surface area contributed by atoms with Gasteiger partial charge in [-0.1, -0.05) is 0 Å². The molecule has 2 aromatic rings. The van der Waals surface area contributed by atoms with Crippen molar-refractivity contribution in [3.63, 3.8) is 0 Å². The number of anilines is 2. The zero-order valence-electron chi connectivity index (χ0n) is 11.3. The van der Waals surface area contributed by atoms with Gasteiger partial charge >= 0.3 is 0 Å². The van der Waals surface area contributed by atoms with Crippen LogP contribution >= 0.6 is 11.3 Å². The molecule has 3 N–H and O–H groups in total. The molecule has 1 atom stereocenters. The normalized spacial score (nSPS) is 15.8. The fraction of sp³-hybridized carbons (Fsp3) is 0.333. The quantitative estimate of drug-likeness (QED) is 0.826. The van der Waals surface area contributed by atoms with Crippen molar-refractivity contribution < 1.29 is 4.79 Å². The number of nitrogens with one attached hydrogen (secondary N) is 1. The summed E-state index contributed by atoms with van der Waals surface area (Å²) in [7, 11) is 0. The molecule has 0 spiro atoms. The van der Waals surface area contributed by atoms with Gasteiger partial charge in [0, 0.05) is 24.4 Å². The topological polar surface area (TPSA) is 68.0 Å². The van der Waals surface area contributed by atoms with Crippen LogP contribution in [0, 0.1) is 5.92 Å². The van der Waals surface area contributed by atoms with Crippen LogP contribution in [0.5, 0.6) is 0 Å². The van der Waals surface area contributed by atoms with Gasteiger partial charge in [0.05, 0.1) is 15.6 Å². The van der Waals surface area contributed by atoms with Crippen molar-refractivity contribution in [3.8, 4) is 0 Å². The molecule has 2 aromatic heterocycles. The van der Waals surface area contributed by atoms with Crippen molar-refractivity contribution in [3.05, 3.63) is 41.0 Å². The average Bonchev–Trinajstić information content (AvgIpc) is 3.24. The van der Waals surface area contributed by atoms with Crippen LogP contribution in [-0.2, 0) is 0 Å². The van der Waals surface area contributed by atoms with Gasteiger partial charge in [-0.25, -0.2) is 0 Å². The summed E-state index contributed by atoms with van der Waals surface area (Å²) in [5.41, 5.74) is 7.71. The Morgan fingerprint density at radius 3 is 2.80 bits per heavy atom. The predicted octanol–water partition coefficient (Wildman–Crippen LogP) is 3.49. The molecule has 0 aromatic carbocycles. The smallest absolute Gasteiger partial charge is 0.178 e. The van der Waals surface area contributed by atoms with E-state index >= 15 is 0 Å². The molecule has 4 nitrogen and oxygen atoms in total. The van der Waals surface area contributed by atoms with Crippen LogP contribution in [0.15, 0.2) is 30.6 Å². The van der Waals surface area contributed by atoms with Crippen LogP contribution in [0.1, 0.15) is 41.0 Å². The predicted molar refractivity (Wildman–Crippen MR) is 82.1 cm³/mol. The third-order valence-electron chi connectivity index (χ3n) is 3.50. The van der Waals surface area contributed by atoms with Crippen LogP contribution < -0.4 is 11.1 Å². The lowest BCUT2D eigenvalue weighted by molar-refractivity contribution is 0.0972. The molecule has 1 fully saturated rings. The second-order valence-corrected chi connectivity index (χ2v) is 6.23. The molecule has 5 heteroatoms. The molecule has 0 saturated heterocycles.